The highest BCUT2D eigenvalue weighted by Crippen LogP contribution is 2.34. The Hall–Kier alpha value is -0.850. The van der Waals surface area contributed by atoms with Gasteiger partial charge in [0.05, 0.1) is 11.6 Å². The lowest BCUT2D eigenvalue weighted by atomic mass is 10.2. The Labute approximate surface area is 110 Å². The number of sulfone groups is 1. The predicted octanol–water partition coefficient (Wildman–Crippen LogP) is 1.83. The molecule has 94 valence electrons. The van der Waals surface area contributed by atoms with Crippen molar-refractivity contribution in [3.05, 3.63) is 28.2 Å². The average molecular weight is 320 g/mol. The van der Waals surface area contributed by atoms with Crippen LogP contribution in [0.1, 0.15) is 5.56 Å². The minimum Gasteiger partial charge on any atom is -0.494 e. The number of hydrogen-bond donors (Lipinski definition) is 1. The number of halogens is 1. The molecule has 0 bridgehead atoms. The SMILES string of the molecule is COc1c(Br)cc(/C=C/CN)cc1S(C)(=O)=O. The molecule has 0 saturated heterocycles. The molecule has 1 aromatic carbocycles. The highest BCUT2D eigenvalue weighted by Gasteiger charge is 2.17. The second kappa shape index (κ2) is 5.66. The van der Waals surface area contributed by atoms with Gasteiger partial charge >= 0.3 is 0 Å². The first-order valence-electron chi connectivity index (χ1n) is 4.84. The first-order chi connectivity index (χ1) is 7.90. The summed E-state index contributed by atoms with van der Waals surface area (Å²) in [6.07, 6.45) is 4.66. The van der Waals surface area contributed by atoms with Gasteiger partial charge in [0.2, 0.25) is 0 Å². The Kier molecular flexibility index (Phi) is 4.73. The molecular formula is C11H14BrNO3S. The lowest BCUT2D eigenvalue weighted by Gasteiger charge is -2.10. The van der Waals surface area contributed by atoms with Crippen LogP contribution in [0.15, 0.2) is 27.6 Å². The molecule has 0 atom stereocenters. The summed E-state index contributed by atoms with van der Waals surface area (Å²) >= 11 is 3.29. The van der Waals surface area contributed by atoms with Crippen molar-refractivity contribution in [2.75, 3.05) is 19.9 Å². The maximum Gasteiger partial charge on any atom is 0.179 e. The second-order valence-corrected chi connectivity index (χ2v) is 6.28. The van der Waals surface area contributed by atoms with Gasteiger partial charge < -0.3 is 10.5 Å². The van der Waals surface area contributed by atoms with Gasteiger partial charge in [-0.25, -0.2) is 8.42 Å². The van der Waals surface area contributed by atoms with Crippen molar-refractivity contribution in [3.8, 4) is 5.75 Å². The fourth-order valence-corrected chi connectivity index (χ4v) is 3.01. The lowest BCUT2D eigenvalue weighted by Crippen LogP contribution is -2.02. The largest absolute Gasteiger partial charge is 0.494 e. The van der Waals surface area contributed by atoms with Crippen LogP contribution in [-0.2, 0) is 9.84 Å². The molecule has 6 heteroatoms. The van der Waals surface area contributed by atoms with E-state index in [-0.39, 0.29) is 4.90 Å². The van der Waals surface area contributed by atoms with E-state index in [2.05, 4.69) is 15.9 Å². The van der Waals surface area contributed by atoms with E-state index in [0.29, 0.717) is 16.8 Å². The van der Waals surface area contributed by atoms with Crippen molar-refractivity contribution >= 4 is 31.8 Å². The summed E-state index contributed by atoms with van der Waals surface area (Å²) < 4.78 is 29.0. The van der Waals surface area contributed by atoms with Crippen LogP contribution in [0, 0.1) is 0 Å². The van der Waals surface area contributed by atoms with E-state index in [1.54, 1.807) is 24.3 Å². The normalized spacial score (nSPS) is 12.0. The van der Waals surface area contributed by atoms with E-state index in [1.807, 2.05) is 0 Å². The summed E-state index contributed by atoms with van der Waals surface area (Å²) in [7, 11) is -1.90. The summed E-state index contributed by atoms with van der Waals surface area (Å²) in [5.41, 5.74) is 6.11. The minimum absolute atomic E-state index is 0.158. The third-order valence-electron chi connectivity index (χ3n) is 2.08. The smallest absolute Gasteiger partial charge is 0.179 e. The van der Waals surface area contributed by atoms with E-state index < -0.39 is 9.84 Å². The molecule has 17 heavy (non-hydrogen) atoms. The summed E-state index contributed by atoms with van der Waals surface area (Å²) in [4.78, 5) is 0.158. The van der Waals surface area contributed by atoms with Gasteiger partial charge in [-0.15, -0.1) is 0 Å². The molecule has 0 aliphatic heterocycles. The van der Waals surface area contributed by atoms with Crippen LogP contribution in [0.2, 0.25) is 0 Å². The summed E-state index contributed by atoms with van der Waals surface area (Å²) in [6.45, 7) is 0.401. The zero-order valence-electron chi connectivity index (χ0n) is 9.60. The van der Waals surface area contributed by atoms with Crippen molar-refractivity contribution in [2.45, 2.75) is 4.90 Å². The minimum atomic E-state index is -3.34. The predicted molar refractivity (Wildman–Crippen MR) is 71.9 cm³/mol. The zero-order valence-corrected chi connectivity index (χ0v) is 12.0. The first kappa shape index (κ1) is 14.2. The van der Waals surface area contributed by atoms with E-state index in [0.717, 1.165) is 11.8 Å². The molecule has 0 heterocycles. The Morgan fingerprint density at radius 1 is 1.47 bits per heavy atom. The Balaban J connectivity index is 3.45. The summed E-state index contributed by atoms with van der Waals surface area (Å²) in [5.74, 6) is 0.317. The molecule has 0 spiro atoms. The second-order valence-electron chi connectivity index (χ2n) is 3.44. The monoisotopic (exact) mass is 319 g/mol. The van der Waals surface area contributed by atoms with E-state index >= 15 is 0 Å². The molecule has 0 fully saturated rings. The molecule has 0 unspecified atom stereocenters. The molecule has 2 N–H and O–H groups in total. The molecule has 1 rings (SSSR count). The van der Waals surface area contributed by atoms with Crippen LogP contribution in [0.25, 0.3) is 6.08 Å². The summed E-state index contributed by atoms with van der Waals surface area (Å²) in [5, 5.41) is 0. The number of hydrogen-bond acceptors (Lipinski definition) is 4. The Morgan fingerprint density at radius 3 is 2.59 bits per heavy atom. The molecule has 0 aliphatic rings. The molecule has 0 aliphatic carbocycles. The first-order valence-corrected chi connectivity index (χ1v) is 7.52. The fourth-order valence-electron chi connectivity index (χ4n) is 1.36. The highest BCUT2D eigenvalue weighted by molar-refractivity contribution is 9.10. The van der Waals surface area contributed by atoms with Gasteiger partial charge in [0, 0.05) is 12.8 Å². The van der Waals surface area contributed by atoms with Crippen LogP contribution in [-0.4, -0.2) is 28.3 Å². The third kappa shape index (κ3) is 3.55. The van der Waals surface area contributed by atoms with Crippen molar-refractivity contribution < 1.29 is 13.2 Å². The quantitative estimate of drug-likeness (QED) is 0.919. The van der Waals surface area contributed by atoms with Crippen LogP contribution in [0.5, 0.6) is 5.75 Å². The molecule has 4 nitrogen and oxygen atoms in total. The van der Waals surface area contributed by atoms with Crippen molar-refractivity contribution in [1.82, 2.24) is 0 Å². The fraction of sp³-hybridized carbons (Fsp3) is 0.273. The zero-order chi connectivity index (χ0) is 13.1. The van der Waals surface area contributed by atoms with Gasteiger partial charge in [-0.1, -0.05) is 12.2 Å². The van der Waals surface area contributed by atoms with Crippen LogP contribution in [0.4, 0.5) is 0 Å². The lowest BCUT2D eigenvalue weighted by molar-refractivity contribution is 0.400. The van der Waals surface area contributed by atoms with Gasteiger partial charge in [-0.05, 0) is 33.6 Å². The maximum absolute atomic E-state index is 11.6. The van der Waals surface area contributed by atoms with Crippen molar-refractivity contribution in [2.24, 2.45) is 5.73 Å². The Bertz CT molecular complexity index is 538. The number of benzene rings is 1. The third-order valence-corrected chi connectivity index (χ3v) is 3.77. The van der Waals surface area contributed by atoms with E-state index in [9.17, 15) is 8.42 Å². The van der Waals surface area contributed by atoms with Crippen molar-refractivity contribution in [1.29, 1.82) is 0 Å². The van der Waals surface area contributed by atoms with Gasteiger partial charge in [0.1, 0.15) is 4.90 Å². The molecule has 0 radical (unpaired) electrons. The number of methoxy groups -OCH3 is 1. The maximum atomic E-state index is 11.6. The highest BCUT2D eigenvalue weighted by atomic mass is 79.9. The van der Waals surface area contributed by atoms with Crippen LogP contribution >= 0.6 is 15.9 Å². The molecule has 0 saturated carbocycles. The standard InChI is InChI=1S/C11H14BrNO3S/c1-16-11-9(12)6-8(4-3-5-13)7-10(11)17(2,14)15/h3-4,6-7H,5,13H2,1-2H3/b4-3+. The molecule has 0 amide bonds. The number of nitrogens with two attached hydrogens (primary N) is 1. The van der Waals surface area contributed by atoms with E-state index in [4.69, 9.17) is 10.5 Å². The topological polar surface area (TPSA) is 69.4 Å². The average Bonchev–Trinajstić information content (AvgIpc) is 2.24. The van der Waals surface area contributed by atoms with Gasteiger partial charge in [0.25, 0.3) is 0 Å². The van der Waals surface area contributed by atoms with E-state index in [1.165, 1.54) is 7.11 Å². The van der Waals surface area contributed by atoms with Crippen LogP contribution in [0.3, 0.4) is 0 Å². The van der Waals surface area contributed by atoms with Gasteiger partial charge in [0.15, 0.2) is 15.6 Å². The van der Waals surface area contributed by atoms with Gasteiger partial charge in [-0.3, -0.25) is 0 Å². The number of ether oxygens (including phenoxy) is 1. The molecule has 1 aromatic rings. The number of rotatable bonds is 4. The van der Waals surface area contributed by atoms with Gasteiger partial charge in [-0.2, -0.15) is 0 Å². The Morgan fingerprint density at radius 2 is 2.12 bits per heavy atom. The molecular weight excluding hydrogens is 306 g/mol. The van der Waals surface area contributed by atoms with Crippen LogP contribution < -0.4 is 10.5 Å². The molecule has 0 aromatic heterocycles. The summed E-state index contributed by atoms with van der Waals surface area (Å²) in [6, 6.07) is 3.34. The van der Waals surface area contributed by atoms with Crippen molar-refractivity contribution in [3.63, 3.8) is 0 Å².